The molecule has 0 aliphatic rings. The Kier molecular flexibility index (Phi) is 4.95. The third-order valence-corrected chi connectivity index (χ3v) is 4.16. The fourth-order valence-corrected chi connectivity index (χ4v) is 3.07. The Labute approximate surface area is 113 Å². The molecule has 0 spiro atoms. The Hall–Kier alpha value is -1.14. The van der Waals surface area contributed by atoms with E-state index in [1.165, 1.54) is 12.1 Å². The number of ether oxygens (including phenoxy) is 1. The lowest BCUT2D eigenvalue weighted by atomic mass is 10.3. The van der Waals surface area contributed by atoms with Crippen molar-refractivity contribution in [2.24, 2.45) is 0 Å². The van der Waals surface area contributed by atoms with Crippen LogP contribution in [0.1, 0.15) is 11.4 Å². The van der Waals surface area contributed by atoms with Crippen molar-refractivity contribution in [3.63, 3.8) is 0 Å². The van der Waals surface area contributed by atoms with E-state index in [4.69, 9.17) is 4.74 Å². The highest BCUT2D eigenvalue weighted by atomic mass is 32.2. The second-order valence-electron chi connectivity index (χ2n) is 3.59. The lowest BCUT2D eigenvalue weighted by Crippen LogP contribution is -1.98. The van der Waals surface area contributed by atoms with E-state index in [1.54, 1.807) is 35.2 Å². The van der Waals surface area contributed by atoms with Crippen molar-refractivity contribution in [2.45, 2.75) is 17.7 Å². The standard InChI is InChI=1S/C12H13FN2OS2/c1-9-14-15-12(18-9)17-8-2-7-16-11-5-3-10(13)4-6-11/h3-6H,2,7-8H2,1H3. The van der Waals surface area contributed by atoms with Gasteiger partial charge in [-0.25, -0.2) is 4.39 Å². The first-order valence-corrected chi connectivity index (χ1v) is 7.35. The van der Waals surface area contributed by atoms with Crippen molar-refractivity contribution in [3.05, 3.63) is 35.1 Å². The summed E-state index contributed by atoms with van der Waals surface area (Å²) in [7, 11) is 0. The number of halogens is 1. The highest BCUT2D eigenvalue weighted by molar-refractivity contribution is 8.01. The van der Waals surface area contributed by atoms with E-state index in [9.17, 15) is 4.39 Å². The van der Waals surface area contributed by atoms with Gasteiger partial charge in [-0.1, -0.05) is 23.1 Å². The van der Waals surface area contributed by atoms with E-state index >= 15 is 0 Å². The molecule has 0 aliphatic heterocycles. The molecule has 1 aromatic heterocycles. The number of hydrogen-bond acceptors (Lipinski definition) is 5. The van der Waals surface area contributed by atoms with Gasteiger partial charge in [-0.15, -0.1) is 10.2 Å². The van der Waals surface area contributed by atoms with Gasteiger partial charge in [-0.3, -0.25) is 0 Å². The summed E-state index contributed by atoms with van der Waals surface area (Å²) in [6.07, 6.45) is 0.917. The Balaban J connectivity index is 1.63. The van der Waals surface area contributed by atoms with Crippen LogP contribution in [0.5, 0.6) is 5.75 Å². The molecule has 96 valence electrons. The minimum absolute atomic E-state index is 0.246. The van der Waals surface area contributed by atoms with Gasteiger partial charge in [0.1, 0.15) is 16.6 Å². The summed E-state index contributed by atoms with van der Waals surface area (Å²) in [6.45, 7) is 2.57. The van der Waals surface area contributed by atoms with Crippen LogP contribution in [0.25, 0.3) is 0 Å². The highest BCUT2D eigenvalue weighted by Crippen LogP contribution is 2.22. The summed E-state index contributed by atoms with van der Waals surface area (Å²) in [4.78, 5) is 0. The first-order valence-electron chi connectivity index (χ1n) is 5.55. The van der Waals surface area contributed by atoms with E-state index in [0.717, 1.165) is 21.5 Å². The maximum absolute atomic E-state index is 12.6. The molecule has 0 saturated carbocycles. The largest absolute Gasteiger partial charge is 0.494 e. The normalized spacial score (nSPS) is 10.6. The molecule has 1 heterocycles. The summed E-state index contributed by atoms with van der Waals surface area (Å²) in [5.74, 6) is 1.40. The van der Waals surface area contributed by atoms with Crippen molar-refractivity contribution < 1.29 is 9.13 Å². The van der Waals surface area contributed by atoms with Gasteiger partial charge in [0.25, 0.3) is 0 Å². The SMILES string of the molecule is Cc1nnc(SCCCOc2ccc(F)cc2)s1. The van der Waals surface area contributed by atoms with Crippen LogP contribution in [0.2, 0.25) is 0 Å². The molecule has 0 saturated heterocycles. The quantitative estimate of drug-likeness (QED) is 0.600. The molecule has 0 N–H and O–H groups in total. The van der Waals surface area contributed by atoms with Gasteiger partial charge in [-0.2, -0.15) is 0 Å². The van der Waals surface area contributed by atoms with Crippen LogP contribution in [-0.4, -0.2) is 22.6 Å². The molecule has 0 aliphatic carbocycles. The molecule has 0 fully saturated rings. The Morgan fingerprint density at radius 3 is 2.72 bits per heavy atom. The molecule has 6 heteroatoms. The number of thioether (sulfide) groups is 1. The molecular formula is C12H13FN2OS2. The van der Waals surface area contributed by atoms with Gasteiger partial charge >= 0.3 is 0 Å². The monoisotopic (exact) mass is 284 g/mol. The van der Waals surface area contributed by atoms with Gasteiger partial charge in [0.05, 0.1) is 6.61 Å². The number of hydrogen-bond donors (Lipinski definition) is 0. The second-order valence-corrected chi connectivity index (χ2v) is 6.12. The summed E-state index contributed by atoms with van der Waals surface area (Å²) in [5.41, 5.74) is 0. The third-order valence-electron chi connectivity index (χ3n) is 2.10. The second kappa shape index (κ2) is 6.70. The van der Waals surface area contributed by atoms with Crippen LogP contribution in [-0.2, 0) is 0 Å². The van der Waals surface area contributed by atoms with E-state index in [1.807, 2.05) is 6.92 Å². The van der Waals surface area contributed by atoms with Crippen molar-refractivity contribution in [1.82, 2.24) is 10.2 Å². The van der Waals surface area contributed by atoms with E-state index < -0.39 is 0 Å². The minimum Gasteiger partial charge on any atom is -0.494 e. The number of rotatable bonds is 6. The predicted molar refractivity (Wildman–Crippen MR) is 71.9 cm³/mol. The first-order chi connectivity index (χ1) is 8.74. The fraction of sp³-hybridized carbons (Fsp3) is 0.333. The Bertz CT molecular complexity index is 487. The molecule has 0 unspecified atom stereocenters. The summed E-state index contributed by atoms with van der Waals surface area (Å²) in [6, 6.07) is 6.06. The molecule has 3 nitrogen and oxygen atoms in total. The van der Waals surface area contributed by atoms with E-state index in [0.29, 0.717) is 12.4 Å². The zero-order valence-electron chi connectivity index (χ0n) is 9.93. The maximum atomic E-state index is 12.6. The lowest BCUT2D eigenvalue weighted by Gasteiger charge is -2.04. The average molecular weight is 284 g/mol. The molecule has 2 aromatic rings. The highest BCUT2D eigenvalue weighted by Gasteiger charge is 2.01. The van der Waals surface area contributed by atoms with Gasteiger partial charge in [-0.05, 0) is 37.6 Å². The molecule has 0 bridgehead atoms. The van der Waals surface area contributed by atoms with Gasteiger partial charge in [0, 0.05) is 5.75 Å². The minimum atomic E-state index is -0.246. The number of nitrogens with zero attached hydrogens (tertiary/aromatic N) is 2. The molecule has 0 atom stereocenters. The predicted octanol–water partition coefficient (Wildman–Crippen LogP) is 3.55. The molecule has 0 amide bonds. The van der Waals surface area contributed by atoms with Crippen molar-refractivity contribution in [3.8, 4) is 5.75 Å². The average Bonchev–Trinajstić information content (AvgIpc) is 2.77. The fourth-order valence-electron chi connectivity index (χ4n) is 1.28. The van der Waals surface area contributed by atoms with Crippen LogP contribution in [0, 0.1) is 12.7 Å². The van der Waals surface area contributed by atoms with Crippen LogP contribution in [0.15, 0.2) is 28.6 Å². The molecule has 1 aromatic carbocycles. The van der Waals surface area contributed by atoms with E-state index in [-0.39, 0.29) is 5.82 Å². The summed E-state index contributed by atoms with van der Waals surface area (Å²) < 4.78 is 19.1. The smallest absolute Gasteiger partial charge is 0.174 e. The van der Waals surface area contributed by atoms with Crippen LogP contribution < -0.4 is 4.74 Å². The summed E-state index contributed by atoms with van der Waals surface area (Å²) >= 11 is 3.29. The van der Waals surface area contributed by atoms with Gasteiger partial charge in [0.2, 0.25) is 0 Å². The zero-order chi connectivity index (χ0) is 12.8. The topological polar surface area (TPSA) is 35.0 Å². The van der Waals surface area contributed by atoms with Crippen molar-refractivity contribution in [2.75, 3.05) is 12.4 Å². The Morgan fingerprint density at radius 2 is 2.06 bits per heavy atom. The summed E-state index contributed by atoms with van der Waals surface area (Å²) in [5, 5.41) is 8.97. The Morgan fingerprint density at radius 1 is 1.28 bits per heavy atom. The maximum Gasteiger partial charge on any atom is 0.174 e. The van der Waals surface area contributed by atoms with Gasteiger partial charge < -0.3 is 4.74 Å². The van der Waals surface area contributed by atoms with E-state index in [2.05, 4.69) is 10.2 Å². The van der Waals surface area contributed by atoms with Crippen LogP contribution >= 0.6 is 23.1 Å². The van der Waals surface area contributed by atoms with Crippen LogP contribution in [0.3, 0.4) is 0 Å². The molecule has 0 radical (unpaired) electrons. The number of aromatic nitrogens is 2. The van der Waals surface area contributed by atoms with Crippen molar-refractivity contribution >= 4 is 23.1 Å². The molecular weight excluding hydrogens is 271 g/mol. The first kappa shape index (κ1) is 13.3. The van der Waals surface area contributed by atoms with Gasteiger partial charge in [0.15, 0.2) is 4.34 Å². The number of benzene rings is 1. The van der Waals surface area contributed by atoms with Crippen molar-refractivity contribution in [1.29, 1.82) is 0 Å². The van der Waals surface area contributed by atoms with Crippen LogP contribution in [0.4, 0.5) is 4.39 Å². The zero-order valence-corrected chi connectivity index (χ0v) is 11.6. The molecule has 18 heavy (non-hydrogen) atoms. The third kappa shape index (κ3) is 4.27. The molecule has 2 rings (SSSR count). The lowest BCUT2D eigenvalue weighted by molar-refractivity contribution is 0.318. The number of aryl methyl sites for hydroxylation is 1.